The SMILES string of the molecule is Nc1ccc(SCc2csnn2)cn1. The second-order valence-electron chi connectivity index (χ2n) is 2.60. The van der Waals surface area contributed by atoms with E-state index in [4.69, 9.17) is 5.73 Å². The van der Waals surface area contributed by atoms with Crippen molar-refractivity contribution >= 4 is 29.1 Å². The van der Waals surface area contributed by atoms with E-state index in [1.165, 1.54) is 11.5 Å². The summed E-state index contributed by atoms with van der Waals surface area (Å²) in [5.41, 5.74) is 6.47. The van der Waals surface area contributed by atoms with E-state index in [1.807, 2.05) is 11.4 Å². The van der Waals surface area contributed by atoms with Gasteiger partial charge in [0.2, 0.25) is 0 Å². The number of rotatable bonds is 3. The molecular formula is C8H8N4S2. The van der Waals surface area contributed by atoms with Crippen molar-refractivity contribution in [2.24, 2.45) is 0 Å². The van der Waals surface area contributed by atoms with Gasteiger partial charge in [-0.1, -0.05) is 4.49 Å². The van der Waals surface area contributed by atoms with Crippen molar-refractivity contribution in [1.29, 1.82) is 0 Å². The lowest BCUT2D eigenvalue weighted by atomic mass is 10.5. The Balaban J connectivity index is 1.95. The highest BCUT2D eigenvalue weighted by molar-refractivity contribution is 7.98. The van der Waals surface area contributed by atoms with Crippen molar-refractivity contribution in [2.75, 3.05) is 5.73 Å². The summed E-state index contributed by atoms with van der Waals surface area (Å²) in [6.45, 7) is 0. The lowest BCUT2D eigenvalue weighted by Crippen LogP contribution is -1.88. The predicted molar refractivity (Wildman–Crippen MR) is 58.1 cm³/mol. The molecule has 6 heteroatoms. The molecule has 0 atom stereocenters. The minimum atomic E-state index is 0.546. The van der Waals surface area contributed by atoms with E-state index in [1.54, 1.807) is 24.0 Å². The predicted octanol–water partition coefficient (Wildman–Crippen LogP) is 1.81. The molecule has 0 aromatic carbocycles. The number of nitrogens with two attached hydrogens (primary N) is 1. The van der Waals surface area contributed by atoms with Crippen molar-refractivity contribution in [2.45, 2.75) is 10.6 Å². The topological polar surface area (TPSA) is 64.7 Å². The van der Waals surface area contributed by atoms with Crippen LogP contribution in [0, 0.1) is 0 Å². The number of aromatic nitrogens is 3. The summed E-state index contributed by atoms with van der Waals surface area (Å²) in [7, 11) is 0. The van der Waals surface area contributed by atoms with Gasteiger partial charge in [-0.2, -0.15) is 0 Å². The van der Waals surface area contributed by atoms with Gasteiger partial charge < -0.3 is 5.73 Å². The van der Waals surface area contributed by atoms with Crippen LogP contribution in [0.2, 0.25) is 0 Å². The third-order valence-corrected chi connectivity index (χ3v) is 3.12. The summed E-state index contributed by atoms with van der Waals surface area (Å²) >= 11 is 3.04. The molecule has 0 saturated carbocycles. The fourth-order valence-corrected chi connectivity index (χ4v) is 2.19. The monoisotopic (exact) mass is 224 g/mol. The average molecular weight is 224 g/mol. The summed E-state index contributed by atoms with van der Waals surface area (Å²) in [6, 6.07) is 3.74. The van der Waals surface area contributed by atoms with Gasteiger partial charge in [0.05, 0.1) is 5.69 Å². The third-order valence-electron chi connectivity index (χ3n) is 1.55. The van der Waals surface area contributed by atoms with Crippen LogP contribution in [0.3, 0.4) is 0 Å². The summed E-state index contributed by atoms with van der Waals surface area (Å²) in [4.78, 5) is 5.09. The molecule has 0 aliphatic rings. The first-order chi connectivity index (χ1) is 6.84. The quantitative estimate of drug-likeness (QED) is 0.805. The van der Waals surface area contributed by atoms with Gasteiger partial charge in [0.15, 0.2) is 0 Å². The van der Waals surface area contributed by atoms with Crippen molar-refractivity contribution in [1.82, 2.24) is 14.6 Å². The molecule has 2 N–H and O–H groups in total. The van der Waals surface area contributed by atoms with E-state index in [2.05, 4.69) is 14.6 Å². The average Bonchev–Trinajstić information content (AvgIpc) is 2.70. The van der Waals surface area contributed by atoms with E-state index >= 15 is 0 Å². The fraction of sp³-hybridized carbons (Fsp3) is 0.125. The number of nitrogen functional groups attached to an aromatic ring is 1. The molecule has 0 aliphatic heterocycles. The highest BCUT2D eigenvalue weighted by Crippen LogP contribution is 2.21. The maximum Gasteiger partial charge on any atom is 0.123 e. The molecule has 0 amide bonds. The Kier molecular flexibility index (Phi) is 2.95. The Morgan fingerprint density at radius 1 is 1.43 bits per heavy atom. The smallest absolute Gasteiger partial charge is 0.123 e. The van der Waals surface area contributed by atoms with Crippen molar-refractivity contribution in [3.05, 3.63) is 29.4 Å². The molecule has 0 unspecified atom stereocenters. The van der Waals surface area contributed by atoms with Gasteiger partial charge in [-0.15, -0.1) is 16.9 Å². The number of nitrogens with zero attached hydrogens (tertiary/aromatic N) is 3. The molecule has 2 aromatic heterocycles. The van der Waals surface area contributed by atoms with Crippen LogP contribution in [0.15, 0.2) is 28.6 Å². The molecular weight excluding hydrogens is 216 g/mol. The zero-order valence-corrected chi connectivity index (χ0v) is 8.88. The van der Waals surface area contributed by atoms with E-state index in [-0.39, 0.29) is 0 Å². The van der Waals surface area contributed by atoms with Gasteiger partial charge in [0.25, 0.3) is 0 Å². The van der Waals surface area contributed by atoms with E-state index in [9.17, 15) is 0 Å². The van der Waals surface area contributed by atoms with Crippen molar-refractivity contribution < 1.29 is 0 Å². The molecule has 2 heterocycles. The molecule has 0 spiro atoms. The van der Waals surface area contributed by atoms with E-state index < -0.39 is 0 Å². The Bertz CT molecular complexity index is 384. The highest BCUT2D eigenvalue weighted by Gasteiger charge is 1.98. The van der Waals surface area contributed by atoms with E-state index in [0.717, 1.165) is 16.3 Å². The van der Waals surface area contributed by atoms with Gasteiger partial charge >= 0.3 is 0 Å². The maximum absolute atomic E-state index is 5.48. The van der Waals surface area contributed by atoms with Crippen LogP contribution in [-0.2, 0) is 5.75 Å². The molecule has 2 rings (SSSR count). The zero-order chi connectivity index (χ0) is 9.80. The summed E-state index contributed by atoms with van der Waals surface area (Å²) in [5.74, 6) is 1.37. The highest BCUT2D eigenvalue weighted by atomic mass is 32.2. The normalized spacial score (nSPS) is 10.3. The van der Waals surface area contributed by atoms with Crippen molar-refractivity contribution in [3.63, 3.8) is 0 Å². The van der Waals surface area contributed by atoms with Crippen LogP contribution >= 0.6 is 23.3 Å². The first kappa shape index (κ1) is 9.42. The van der Waals surface area contributed by atoms with Gasteiger partial charge in [-0.05, 0) is 23.7 Å². The Morgan fingerprint density at radius 3 is 3.00 bits per heavy atom. The third kappa shape index (κ3) is 2.43. The lowest BCUT2D eigenvalue weighted by Gasteiger charge is -1.98. The number of pyridine rings is 1. The molecule has 2 aromatic rings. The fourth-order valence-electron chi connectivity index (χ4n) is 0.881. The van der Waals surface area contributed by atoms with E-state index in [0.29, 0.717) is 5.82 Å². The summed E-state index contributed by atoms with van der Waals surface area (Å²) in [5, 5.41) is 5.89. The van der Waals surface area contributed by atoms with Crippen LogP contribution in [0.25, 0.3) is 0 Å². The summed E-state index contributed by atoms with van der Waals surface area (Å²) in [6.07, 6.45) is 1.76. The Labute approximate surface area is 89.7 Å². The largest absolute Gasteiger partial charge is 0.384 e. The van der Waals surface area contributed by atoms with Gasteiger partial charge in [0, 0.05) is 22.2 Å². The zero-order valence-electron chi connectivity index (χ0n) is 7.25. The molecule has 0 fully saturated rings. The van der Waals surface area contributed by atoms with Gasteiger partial charge in [0.1, 0.15) is 5.82 Å². The summed E-state index contributed by atoms with van der Waals surface area (Å²) < 4.78 is 3.79. The molecule has 0 radical (unpaired) electrons. The molecule has 72 valence electrons. The molecule has 0 saturated heterocycles. The van der Waals surface area contributed by atoms with Crippen LogP contribution in [0.4, 0.5) is 5.82 Å². The maximum atomic E-state index is 5.48. The second-order valence-corrected chi connectivity index (χ2v) is 4.26. The molecule has 0 bridgehead atoms. The first-order valence-electron chi connectivity index (χ1n) is 3.95. The minimum absolute atomic E-state index is 0.546. The van der Waals surface area contributed by atoms with Crippen LogP contribution in [0.5, 0.6) is 0 Å². The lowest BCUT2D eigenvalue weighted by molar-refractivity contribution is 1.07. The Hall–Kier alpha value is -1.14. The Morgan fingerprint density at radius 2 is 2.36 bits per heavy atom. The van der Waals surface area contributed by atoms with Gasteiger partial charge in [-0.25, -0.2) is 4.98 Å². The number of hydrogen-bond acceptors (Lipinski definition) is 6. The standard InChI is InChI=1S/C8H8N4S2/c9-8-2-1-7(3-10-8)13-4-6-5-14-12-11-6/h1-3,5H,4H2,(H2,9,10). The van der Waals surface area contributed by atoms with Gasteiger partial charge in [-0.3, -0.25) is 0 Å². The van der Waals surface area contributed by atoms with Crippen molar-refractivity contribution in [3.8, 4) is 0 Å². The first-order valence-corrected chi connectivity index (χ1v) is 5.77. The van der Waals surface area contributed by atoms with Crippen LogP contribution < -0.4 is 5.73 Å². The number of anilines is 1. The van der Waals surface area contributed by atoms with Crippen LogP contribution in [-0.4, -0.2) is 14.6 Å². The number of hydrogen-bond donors (Lipinski definition) is 1. The molecule has 14 heavy (non-hydrogen) atoms. The minimum Gasteiger partial charge on any atom is -0.384 e. The molecule has 0 aliphatic carbocycles. The molecule has 4 nitrogen and oxygen atoms in total. The number of thioether (sulfide) groups is 1. The van der Waals surface area contributed by atoms with Crippen LogP contribution in [0.1, 0.15) is 5.69 Å². The second kappa shape index (κ2) is 4.39.